The van der Waals surface area contributed by atoms with E-state index < -0.39 is 13.3 Å². The largest absolute Gasteiger partial charge is 0.497 e. The molecule has 1 atom stereocenters. The molecule has 0 N–H and O–H groups in total. The zero-order chi connectivity index (χ0) is 18.4. The van der Waals surface area contributed by atoms with Crippen molar-refractivity contribution in [2.24, 2.45) is 0 Å². The van der Waals surface area contributed by atoms with E-state index in [2.05, 4.69) is 0 Å². The van der Waals surface area contributed by atoms with Crippen molar-refractivity contribution in [3.8, 4) is 17.2 Å². The maximum Gasteiger partial charge on any atom is 0.437 e. The lowest BCUT2D eigenvalue weighted by molar-refractivity contribution is 0.375. The van der Waals surface area contributed by atoms with Gasteiger partial charge in [-0.15, -0.1) is 0 Å². The predicted molar refractivity (Wildman–Crippen MR) is 103 cm³/mol. The molecule has 0 radical (unpaired) electrons. The summed E-state index contributed by atoms with van der Waals surface area (Å²) in [5, 5.41) is 0. The zero-order valence-electron chi connectivity index (χ0n) is 14.7. The molecule has 0 aliphatic carbocycles. The summed E-state index contributed by atoms with van der Waals surface area (Å²) in [6.07, 6.45) is 0. The van der Waals surface area contributed by atoms with E-state index in [0.717, 1.165) is 11.3 Å². The minimum Gasteiger partial charge on any atom is -0.497 e. The van der Waals surface area contributed by atoms with Gasteiger partial charge in [0.25, 0.3) is 0 Å². The van der Waals surface area contributed by atoms with Crippen LogP contribution in [0.3, 0.4) is 0 Å². The Hall–Kier alpha value is -2.71. The topological polar surface area (TPSA) is 44.8 Å². The third kappa shape index (κ3) is 4.27. The number of ether oxygens (including phenoxy) is 1. The minimum absolute atomic E-state index is 0.464. The van der Waals surface area contributed by atoms with Gasteiger partial charge in [0, 0.05) is 0 Å². The molecule has 0 aliphatic rings. The molecule has 0 aromatic heterocycles. The van der Waals surface area contributed by atoms with Crippen LogP contribution in [-0.4, -0.2) is 7.11 Å². The third-order valence-electron chi connectivity index (χ3n) is 4.02. The van der Waals surface area contributed by atoms with Crippen LogP contribution in [0.5, 0.6) is 17.2 Å². The maximum atomic E-state index is 13.7. The van der Waals surface area contributed by atoms with Gasteiger partial charge in [-0.3, -0.25) is 0 Å². The van der Waals surface area contributed by atoms with Crippen molar-refractivity contribution >= 4 is 7.60 Å². The first-order valence-corrected chi connectivity index (χ1v) is 9.95. The summed E-state index contributed by atoms with van der Waals surface area (Å²) < 4.78 is 30.7. The average molecular weight is 368 g/mol. The Morgan fingerprint density at radius 2 is 1.15 bits per heavy atom. The Balaban J connectivity index is 1.94. The molecule has 5 heteroatoms. The van der Waals surface area contributed by atoms with Crippen molar-refractivity contribution in [3.05, 3.63) is 90.5 Å². The van der Waals surface area contributed by atoms with Gasteiger partial charge in [0.1, 0.15) is 22.9 Å². The number of para-hydroxylation sites is 2. The summed E-state index contributed by atoms with van der Waals surface area (Å²) in [6.45, 7) is 1.84. The number of rotatable bonds is 7. The number of methoxy groups -OCH3 is 1. The van der Waals surface area contributed by atoms with Gasteiger partial charge in [0.05, 0.1) is 7.11 Å². The maximum absolute atomic E-state index is 13.7. The molecule has 0 amide bonds. The van der Waals surface area contributed by atoms with Crippen LogP contribution in [0.4, 0.5) is 0 Å². The molecular weight excluding hydrogens is 347 g/mol. The first-order chi connectivity index (χ1) is 12.6. The van der Waals surface area contributed by atoms with Crippen molar-refractivity contribution in [3.63, 3.8) is 0 Å². The monoisotopic (exact) mass is 368 g/mol. The van der Waals surface area contributed by atoms with Gasteiger partial charge in [-0.05, 0) is 48.9 Å². The Morgan fingerprint density at radius 1 is 0.692 bits per heavy atom. The molecule has 1 unspecified atom stereocenters. The van der Waals surface area contributed by atoms with Crippen molar-refractivity contribution < 1.29 is 18.3 Å². The van der Waals surface area contributed by atoms with Crippen LogP contribution in [0, 0.1) is 0 Å². The van der Waals surface area contributed by atoms with Gasteiger partial charge in [0.15, 0.2) is 0 Å². The Labute approximate surface area is 153 Å². The van der Waals surface area contributed by atoms with Crippen LogP contribution in [-0.2, 0) is 4.57 Å². The smallest absolute Gasteiger partial charge is 0.437 e. The summed E-state index contributed by atoms with van der Waals surface area (Å²) in [4.78, 5) is 0. The van der Waals surface area contributed by atoms with E-state index in [1.165, 1.54) is 0 Å². The van der Waals surface area contributed by atoms with Gasteiger partial charge in [-0.25, -0.2) is 4.57 Å². The highest BCUT2D eigenvalue weighted by Gasteiger charge is 2.37. The van der Waals surface area contributed by atoms with E-state index in [0.29, 0.717) is 11.5 Å². The molecule has 0 spiro atoms. The first-order valence-electron chi connectivity index (χ1n) is 8.34. The fourth-order valence-electron chi connectivity index (χ4n) is 2.50. The molecule has 3 rings (SSSR count). The lowest BCUT2D eigenvalue weighted by atomic mass is 10.2. The Bertz CT molecular complexity index is 818. The van der Waals surface area contributed by atoms with Gasteiger partial charge in [-0.2, -0.15) is 0 Å². The summed E-state index contributed by atoms with van der Waals surface area (Å²) in [6, 6.07) is 25.6. The molecule has 4 nitrogen and oxygen atoms in total. The first kappa shape index (κ1) is 18.1. The normalized spacial score (nSPS) is 12.2. The van der Waals surface area contributed by atoms with Crippen molar-refractivity contribution in [2.75, 3.05) is 7.11 Å². The van der Waals surface area contributed by atoms with Gasteiger partial charge in [-0.1, -0.05) is 48.5 Å². The summed E-state index contributed by atoms with van der Waals surface area (Å²) in [7, 11) is -1.93. The lowest BCUT2D eigenvalue weighted by Gasteiger charge is -2.25. The molecule has 0 bridgehead atoms. The van der Waals surface area contributed by atoms with Crippen molar-refractivity contribution in [1.82, 2.24) is 0 Å². The van der Waals surface area contributed by atoms with Gasteiger partial charge >= 0.3 is 7.60 Å². The van der Waals surface area contributed by atoms with E-state index in [1.807, 2.05) is 67.6 Å². The second kappa shape index (κ2) is 8.11. The summed E-state index contributed by atoms with van der Waals surface area (Å²) in [5.74, 6) is 1.75. The summed E-state index contributed by atoms with van der Waals surface area (Å²) in [5.41, 5.74) is 0.384. The van der Waals surface area contributed by atoms with Gasteiger partial charge in [0.2, 0.25) is 0 Å². The highest BCUT2D eigenvalue weighted by molar-refractivity contribution is 7.55. The molecule has 0 saturated carbocycles. The Morgan fingerprint density at radius 3 is 1.58 bits per heavy atom. The predicted octanol–water partition coefficient (Wildman–Crippen LogP) is 6.11. The van der Waals surface area contributed by atoms with Crippen LogP contribution >= 0.6 is 7.60 Å². The van der Waals surface area contributed by atoms with Crippen LogP contribution in [0.2, 0.25) is 0 Å². The van der Waals surface area contributed by atoms with Crippen LogP contribution in [0.25, 0.3) is 0 Å². The van der Waals surface area contributed by atoms with Crippen LogP contribution in [0.15, 0.2) is 84.9 Å². The van der Waals surface area contributed by atoms with E-state index in [9.17, 15) is 4.57 Å². The second-order valence-corrected chi connectivity index (χ2v) is 8.02. The van der Waals surface area contributed by atoms with Crippen LogP contribution < -0.4 is 13.8 Å². The van der Waals surface area contributed by atoms with Crippen molar-refractivity contribution in [1.29, 1.82) is 0 Å². The molecule has 3 aromatic carbocycles. The minimum atomic E-state index is -3.54. The van der Waals surface area contributed by atoms with E-state index in [4.69, 9.17) is 13.8 Å². The van der Waals surface area contributed by atoms with E-state index in [-0.39, 0.29) is 0 Å². The zero-order valence-corrected chi connectivity index (χ0v) is 15.6. The number of benzene rings is 3. The molecule has 0 aliphatic heterocycles. The number of hydrogen-bond acceptors (Lipinski definition) is 4. The third-order valence-corrected chi connectivity index (χ3v) is 6.20. The van der Waals surface area contributed by atoms with Gasteiger partial charge < -0.3 is 13.8 Å². The molecule has 134 valence electrons. The van der Waals surface area contributed by atoms with Crippen LogP contribution in [0.1, 0.15) is 18.1 Å². The average Bonchev–Trinajstić information content (AvgIpc) is 2.69. The summed E-state index contributed by atoms with van der Waals surface area (Å²) >= 11 is 0. The number of hydrogen-bond donors (Lipinski definition) is 0. The molecule has 26 heavy (non-hydrogen) atoms. The quantitative estimate of drug-likeness (QED) is 0.472. The fourth-order valence-corrected chi connectivity index (χ4v) is 4.22. The lowest BCUT2D eigenvalue weighted by Crippen LogP contribution is -2.08. The molecule has 3 aromatic rings. The highest BCUT2D eigenvalue weighted by atomic mass is 31.2. The van der Waals surface area contributed by atoms with E-state index in [1.54, 1.807) is 31.4 Å². The standard InChI is InChI=1S/C21H21O4P/c1-17(18-13-15-19(23-2)16-14-18)26(22,24-20-9-5-3-6-10-20)25-21-11-7-4-8-12-21/h3-17H,1-2H3. The molecular formula is C21H21O4P. The highest BCUT2D eigenvalue weighted by Crippen LogP contribution is 2.60. The molecule has 0 fully saturated rings. The second-order valence-electron chi connectivity index (χ2n) is 5.80. The van der Waals surface area contributed by atoms with Crippen molar-refractivity contribution in [2.45, 2.75) is 12.6 Å². The molecule has 0 saturated heterocycles. The fraction of sp³-hybridized carbons (Fsp3) is 0.143. The van der Waals surface area contributed by atoms with E-state index >= 15 is 0 Å². The molecule has 0 heterocycles. The SMILES string of the molecule is COc1ccc(C(C)P(=O)(Oc2ccccc2)Oc2ccccc2)cc1. The Kier molecular flexibility index (Phi) is 5.65.